The normalized spacial score (nSPS) is 16.1. The number of thiophene rings is 1. The zero-order valence-corrected chi connectivity index (χ0v) is 13.3. The van der Waals surface area contributed by atoms with Gasteiger partial charge >= 0.3 is 5.97 Å². The molecule has 0 radical (unpaired) electrons. The second kappa shape index (κ2) is 7.65. The predicted octanol–water partition coefficient (Wildman–Crippen LogP) is 3.62. The van der Waals surface area contributed by atoms with Crippen molar-refractivity contribution in [1.29, 1.82) is 0 Å². The number of methoxy groups -OCH3 is 1. The molecule has 0 aliphatic rings. The lowest BCUT2D eigenvalue weighted by Gasteiger charge is -2.29. The Balaban J connectivity index is 2.88. The van der Waals surface area contributed by atoms with Gasteiger partial charge in [0.25, 0.3) is 0 Å². The first-order valence-corrected chi connectivity index (χ1v) is 7.76. The monoisotopic (exact) mass is 283 g/mol. The van der Waals surface area contributed by atoms with Gasteiger partial charge in [0.1, 0.15) is 6.04 Å². The highest BCUT2D eigenvalue weighted by Gasteiger charge is 2.29. The molecule has 4 heteroatoms. The summed E-state index contributed by atoms with van der Waals surface area (Å²) in [5, 5.41) is 5.57. The van der Waals surface area contributed by atoms with Gasteiger partial charge in [0.15, 0.2) is 0 Å². The molecule has 3 atom stereocenters. The maximum atomic E-state index is 12.0. The molecular formula is C15H25NO2S. The van der Waals surface area contributed by atoms with Crippen LogP contribution in [0, 0.1) is 11.8 Å². The number of hydrogen-bond acceptors (Lipinski definition) is 4. The van der Waals surface area contributed by atoms with Gasteiger partial charge in [0.2, 0.25) is 0 Å². The molecule has 1 heterocycles. The summed E-state index contributed by atoms with van der Waals surface area (Å²) in [6, 6.07) is 4.11. The Bertz CT molecular complexity index is 376. The van der Waals surface area contributed by atoms with E-state index in [1.807, 2.05) is 6.07 Å². The predicted molar refractivity (Wildman–Crippen MR) is 80.3 cm³/mol. The average Bonchev–Trinajstić information content (AvgIpc) is 2.91. The van der Waals surface area contributed by atoms with Gasteiger partial charge in [-0.05, 0) is 23.3 Å². The number of rotatable bonds is 7. The molecule has 0 aliphatic heterocycles. The lowest BCUT2D eigenvalue weighted by atomic mass is 9.95. The quantitative estimate of drug-likeness (QED) is 0.777. The van der Waals surface area contributed by atoms with E-state index in [4.69, 9.17) is 4.74 Å². The van der Waals surface area contributed by atoms with Crippen molar-refractivity contribution < 1.29 is 9.53 Å². The van der Waals surface area contributed by atoms with E-state index in [1.165, 1.54) is 12.0 Å². The maximum absolute atomic E-state index is 12.0. The summed E-state index contributed by atoms with van der Waals surface area (Å²) in [5.74, 6) is 0.514. The second-order valence-electron chi connectivity index (χ2n) is 5.29. The largest absolute Gasteiger partial charge is 0.468 e. The minimum absolute atomic E-state index is 0.170. The number of ether oxygens (including phenoxy) is 1. The molecule has 0 fully saturated rings. The highest BCUT2D eigenvalue weighted by atomic mass is 32.1. The van der Waals surface area contributed by atoms with Crippen molar-refractivity contribution in [3.63, 3.8) is 0 Å². The minimum Gasteiger partial charge on any atom is -0.468 e. The first-order valence-electron chi connectivity index (χ1n) is 6.88. The van der Waals surface area contributed by atoms with Crippen LogP contribution >= 0.6 is 11.3 Å². The highest BCUT2D eigenvalue weighted by Crippen LogP contribution is 2.27. The maximum Gasteiger partial charge on any atom is 0.323 e. The molecule has 1 N–H and O–H groups in total. The molecule has 0 bridgehead atoms. The van der Waals surface area contributed by atoms with Gasteiger partial charge in [-0.15, -0.1) is 11.3 Å². The summed E-state index contributed by atoms with van der Waals surface area (Å²) in [5.41, 5.74) is 0. The van der Waals surface area contributed by atoms with Crippen LogP contribution in [0.15, 0.2) is 17.5 Å². The molecule has 0 spiro atoms. The molecule has 0 saturated heterocycles. The van der Waals surface area contributed by atoms with Crippen molar-refractivity contribution >= 4 is 17.3 Å². The van der Waals surface area contributed by atoms with E-state index < -0.39 is 0 Å². The lowest BCUT2D eigenvalue weighted by molar-refractivity contribution is -0.144. The van der Waals surface area contributed by atoms with Crippen LogP contribution in [0.4, 0.5) is 0 Å². The Hall–Kier alpha value is -0.870. The van der Waals surface area contributed by atoms with E-state index in [0.717, 1.165) is 6.42 Å². The second-order valence-corrected chi connectivity index (χ2v) is 6.27. The highest BCUT2D eigenvalue weighted by molar-refractivity contribution is 7.10. The van der Waals surface area contributed by atoms with Gasteiger partial charge in [0.05, 0.1) is 7.11 Å². The zero-order chi connectivity index (χ0) is 14.4. The summed E-state index contributed by atoms with van der Waals surface area (Å²) in [4.78, 5) is 13.2. The minimum atomic E-state index is -0.246. The number of esters is 1. The molecule has 1 aromatic rings. The van der Waals surface area contributed by atoms with E-state index in [9.17, 15) is 4.79 Å². The summed E-state index contributed by atoms with van der Waals surface area (Å²) >= 11 is 1.73. The SMILES string of the molecule is CCC(C)C(NC(c1cccs1)C(C)C)C(=O)OC. The number of hydrogen-bond donors (Lipinski definition) is 1. The smallest absolute Gasteiger partial charge is 0.323 e. The molecule has 3 nitrogen and oxygen atoms in total. The molecule has 0 amide bonds. The first kappa shape index (κ1) is 16.2. The standard InChI is InChI=1S/C15H25NO2S/c1-6-11(4)14(15(17)18-5)16-13(10(2)3)12-8-7-9-19-12/h7-11,13-14,16H,6H2,1-5H3. The van der Waals surface area contributed by atoms with Gasteiger partial charge in [-0.25, -0.2) is 0 Å². The summed E-state index contributed by atoms with van der Waals surface area (Å²) in [7, 11) is 1.45. The van der Waals surface area contributed by atoms with E-state index in [0.29, 0.717) is 5.92 Å². The van der Waals surface area contributed by atoms with Crippen molar-refractivity contribution in [2.45, 2.75) is 46.2 Å². The van der Waals surface area contributed by atoms with E-state index in [-0.39, 0.29) is 24.0 Å². The summed E-state index contributed by atoms with van der Waals surface area (Å²) in [6.45, 7) is 8.52. The van der Waals surface area contributed by atoms with Gasteiger partial charge in [-0.3, -0.25) is 10.1 Å². The Labute approximate surface area is 120 Å². The molecule has 3 unspecified atom stereocenters. The van der Waals surface area contributed by atoms with Crippen LogP contribution in [0.25, 0.3) is 0 Å². The van der Waals surface area contributed by atoms with E-state index >= 15 is 0 Å². The van der Waals surface area contributed by atoms with Gasteiger partial charge < -0.3 is 4.74 Å². The lowest BCUT2D eigenvalue weighted by Crippen LogP contribution is -2.45. The third-order valence-electron chi connectivity index (χ3n) is 3.54. The van der Waals surface area contributed by atoms with Crippen molar-refractivity contribution in [3.05, 3.63) is 22.4 Å². The van der Waals surface area contributed by atoms with Gasteiger partial charge in [-0.1, -0.05) is 40.2 Å². The Morgan fingerprint density at radius 3 is 2.53 bits per heavy atom. The molecular weight excluding hydrogens is 258 g/mol. The van der Waals surface area contributed by atoms with Crippen LogP contribution < -0.4 is 5.32 Å². The molecule has 0 aliphatic carbocycles. The molecule has 19 heavy (non-hydrogen) atoms. The topological polar surface area (TPSA) is 38.3 Å². The summed E-state index contributed by atoms with van der Waals surface area (Å²) < 4.78 is 4.94. The number of nitrogens with one attached hydrogen (secondary N) is 1. The fourth-order valence-electron chi connectivity index (χ4n) is 2.09. The van der Waals surface area contributed by atoms with Crippen LogP contribution in [0.2, 0.25) is 0 Å². The molecule has 0 saturated carbocycles. The van der Waals surface area contributed by atoms with Crippen molar-refractivity contribution in [1.82, 2.24) is 5.32 Å². The first-order chi connectivity index (χ1) is 9.01. The van der Waals surface area contributed by atoms with Crippen molar-refractivity contribution in [2.24, 2.45) is 11.8 Å². The Kier molecular flexibility index (Phi) is 6.52. The van der Waals surface area contributed by atoms with Crippen LogP contribution in [0.3, 0.4) is 0 Å². The molecule has 0 aromatic carbocycles. The van der Waals surface area contributed by atoms with Gasteiger partial charge in [0, 0.05) is 10.9 Å². The number of carbonyl (C=O) groups excluding carboxylic acids is 1. The van der Waals surface area contributed by atoms with E-state index in [2.05, 4.69) is 44.5 Å². The fourth-order valence-corrected chi connectivity index (χ4v) is 3.05. The van der Waals surface area contributed by atoms with E-state index in [1.54, 1.807) is 11.3 Å². The fraction of sp³-hybridized carbons (Fsp3) is 0.667. The molecule has 1 aromatic heterocycles. The van der Waals surface area contributed by atoms with Crippen molar-refractivity contribution in [2.75, 3.05) is 7.11 Å². The van der Waals surface area contributed by atoms with Crippen LogP contribution in [-0.4, -0.2) is 19.1 Å². The van der Waals surface area contributed by atoms with Gasteiger partial charge in [-0.2, -0.15) is 0 Å². The van der Waals surface area contributed by atoms with Crippen molar-refractivity contribution in [3.8, 4) is 0 Å². The number of carbonyl (C=O) groups is 1. The third-order valence-corrected chi connectivity index (χ3v) is 4.50. The Morgan fingerprint density at radius 1 is 1.42 bits per heavy atom. The van der Waals surface area contributed by atoms with Crippen LogP contribution in [-0.2, 0) is 9.53 Å². The third kappa shape index (κ3) is 4.32. The summed E-state index contributed by atoms with van der Waals surface area (Å²) in [6.07, 6.45) is 0.946. The zero-order valence-electron chi connectivity index (χ0n) is 12.5. The molecule has 1 rings (SSSR count). The van der Waals surface area contributed by atoms with Crippen LogP contribution in [0.1, 0.15) is 45.0 Å². The van der Waals surface area contributed by atoms with Crippen LogP contribution in [0.5, 0.6) is 0 Å². The average molecular weight is 283 g/mol. The Morgan fingerprint density at radius 2 is 2.11 bits per heavy atom. The molecule has 108 valence electrons.